The van der Waals surface area contributed by atoms with E-state index in [0.717, 1.165) is 16.8 Å². The van der Waals surface area contributed by atoms with Crippen LogP contribution in [0.25, 0.3) is 6.08 Å². The van der Waals surface area contributed by atoms with Crippen molar-refractivity contribution in [1.29, 1.82) is 0 Å². The Kier molecular flexibility index (Phi) is 5.32. The van der Waals surface area contributed by atoms with Gasteiger partial charge in [0.1, 0.15) is 11.5 Å². The molecule has 1 heterocycles. The van der Waals surface area contributed by atoms with Gasteiger partial charge >= 0.3 is 0 Å². The standard InChI is InChI=1S/C20H20N2O3S/c1-13-7-5-6-8-16(13)21-20-22(2)19(23)18(26-20)12-14-11-15(24-3)9-10-17(14)25-4/h5-12H,1-4H3/b18-12+,21-20?. The lowest BCUT2D eigenvalue weighted by atomic mass is 10.1. The molecule has 0 N–H and O–H groups in total. The van der Waals surface area contributed by atoms with Gasteiger partial charge in [0.15, 0.2) is 5.17 Å². The lowest BCUT2D eigenvalue weighted by Gasteiger charge is -2.08. The van der Waals surface area contributed by atoms with Crippen molar-refractivity contribution in [2.24, 2.45) is 4.99 Å². The minimum atomic E-state index is -0.0905. The number of hydrogen-bond donors (Lipinski definition) is 0. The van der Waals surface area contributed by atoms with Gasteiger partial charge < -0.3 is 9.47 Å². The molecule has 0 aliphatic carbocycles. The summed E-state index contributed by atoms with van der Waals surface area (Å²) in [6.07, 6.45) is 1.81. The molecule has 6 heteroatoms. The van der Waals surface area contributed by atoms with E-state index < -0.39 is 0 Å². The van der Waals surface area contributed by atoms with Crippen molar-refractivity contribution in [2.45, 2.75) is 6.92 Å². The predicted molar refractivity (Wildman–Crippen MR) is 106 cm³/mol. The molecule has 3 rings (SSSR count). The maximum atomic E-state index is 12.6. The van der Waals surface area contributed by atoms with Gasteiger partial charge in [0, 0.05) is 12.6 Å². The number of methoxy groups -OCH3 is 2. The van der Waals surface area contributed by atoms with Gasteiger partial charge in [0.05, 0.1) is 24.8 Å². The van der Waals surface area contributed by atoms with Crippen molar-refractivity contribution < 1.29 is 14.3 Å². The first kappa shape index (κ1) is 18.1. The molecule has 2 aromatic rings. The Morgan fingerprint density at radius 2 is 1.88 bits per heavy atom. The van der Waals surface area contributed by atoms with Gasteiger partial charge in [0.25, 0.3) is 5.91 Å². The Labute approximate surface area is 157 Å². The van der Waals surface area contributed by atoms with Gasteiger partial charge in [-0.2, -0.15) is 0 Å². The van der Waals surface area contributed by atoms with Crippen LogP contribution < -0.4 is 9.47 Å². The summed E-state index contributed by atoms with van der Waals surface area (Å²) in [4.78, 5) is 19.4. The molecule has 0 saturated carbocycles. The van der Waals surface area contributed by atoms with E-state index in [-0.39, 0.29) is 5.91 Å². The van der Waals surface area contributed by atoms with E-state index in [2.05, 4.69) is 4.99 Å². The van der Waals surface area contributed by atoms with Crippen molar-refractivity contribution in [3.8, 4) is 11.5 Å². The van der Waals surface area contributed by atoms with E-state index in [9.17, 15) is 4.79 Å². The Morgan fingerprint density at radius 1 is 1.12 bits per heavy atom. The highest BCUT2D eigenvalue weighted by molar-refractivity contribution is 8.18. The van der Waals surface area contributed by atoms with E-state index in [0.29, 0.717) is 21.6 Å². The fourth-order valence-corrected chi connectivity index (χ4v) is 3.51. The summed E-state index contributed by atoms with van der Waals surface area (Å²) in [5.41, 5.74) is 2.71. The number of carbonyl (C=O) groups excluding carboxylic acids is 1. The van der Waals surface area contributed by atoms with Crippen molar-refractivity contribution >= 4 is 34.6 Å². The largest absolute Gasteiger partial charge is 0.497 e. The first-order chi connectivity index (χ1) is 12.5. The highest BCUT2D eigenvalue weighted by atomic mass is 32.2. The Hall–Kier alpha value is -2.73. The molecule has 0 aromatic heterocycles. The van der Waals surface area contributed by atoms with Crippen molar-refractivity contribution in [3.63, 3.8) is 0 Å². The molecule has 1 amide bonds. The predicted octanol–water partition coefficient (Wildman–Crippen LogP) is 4.25. The van der Waals surface area contributed by atoms with Crippen LogP contribution in [0.1, 0.15) is 11.1 Å². The number of hydrogen-bond acceptors (Lipinski definition) is 5. The van der Waals surface area contributed by atoms with E-state index in [1.165, 1.54) is 11.8 Å². The highest BCUT2D eigenvalue weighted by Gasteiger charge is 2.30. The Balaban J connectivity index is 1.97. The second-order valence-electron chi connectivity index (χ2n) is 5.76. The van der Waals surface area contributed by atoms with Crippen LogP contribution in [0.4, 0.5) is 5.69 Å². The SMILES string of the molecule is COc1ccc(OC)c(/C=C2/SC(=Nc3ccccc3C)N(C)C2=O)c1. The maximum Gasteiger partial charge on any atom is 0.266 e. The molecular formula is C20H20N2O3S. The number of rotatable bonds is 4. The average Bonchev–Trinajstić information content (AvgIpc) is 2.91. The topological polar surface area (TPSA) is 51.1 Å². The lowest BCUT2D eigenvalue weighted by molar-refractivity contribution is -0.121. The number of likely N-dealkylation sites (N-methyl/N-ethyl adjacent to an activating group) is 1. The van der Waals surface area contributed by atoms with Crippen LogP contribution in [-0.2, 0) is 4.79 Å². The third-order valence-corrected chi connectivity index (χ3v) is 5.12. The zero-order valence-corrected chi connectivity index (χ0v) is 16.0. The van der Waals surface area contributed by atoms with Gasteiger partial charge in [-0.1, -0.05) is 18.2 Å². The smallest absolute Gasteiger partial charge is 0.266 e. The molecule has 1 aliphatic heterocycles. The third kappa shape index (κ3) is 3.60. The Morgan fingerprint density at radius 3 is 2.58 bits per heavy atom. The van der Waals surface area contributed by atoms with Gasteiger partial charge in [0.2, 0.25) is 0 Å². The van der Waals surface area contributed by atoms with Crippen LogP contribution in [0.15, 0.2) is 52.4 Å². The number of thioether (sulfide) groups is 1. The molecule has 2 aromatic carbocycles. The molecule has 1 fully saturated rings. The van der Waals surface area contributed by atoms with Gasteiger partial charge in [-0.25, -0.2) is 4.99 Å². The second-order valence-corrected chi connectivity index (χ2v) is 6.77. The summed E-state index contributed by atoms with van der Waals surface area (Å²) >= 11 is 1.35. The van der Waals surface area contributed by atoms with Crippen molar-refractivity contribution in [1.82, 2.24) is 4.90 Å². The van der Waals surface area contributed by atoms with Gasteiger partial charge in [-0.15, -0.1) is 0 Å². The van der Waals surface area contributed by atoms with E-state index in [1.54, 1.807) is 26.2 Å². The van der Waals surface area contributed by atoms with E-state index in [4.69, 9.17) is 9.47 Å². The molecule has 5 nitrogen and oxygen atoms in total. The zero-order chi connectivity index (χ0) is 18.7. The fraction of sp³-hybridized carbons (Fsp3) is 0.200. The summed E-state index contributed by atoms with van der Waals surface area (Å²) in [7, 11) is 4.94. The first-order valence-electron chi connectivity index (χ1n) is 8.07. The summed E-state index contributed by atoms with van der Waals surface area (Å²) in [5.74, 6) is 1.29. The third-order valence-electron chi connectivity index (χ3n) is 4.06. The fourth-order valence-electron chi connectivity index (χ4n) is 2.54. The molecule has 0 radical (unpaired) electrons. The molecule has 0 unspecified atom stereocenters. The lowest BCUT2D eigenvalue weighted by Crippen LogP contribution is -2.23. The van der Waals surface area contributed by atoms with E-state index in [1.807, 2.05) is 55.5 Å². The molecule has 1 aliphatic rings. The minimum Gasteiger partial charge on any atom is -0.497 e. The van der Waals surface area contributed by atoms with Crippen LogP contribution in [0.3, 0.4) is 0 Å². The normalized spacial score (nSPS) is 17.2. The number of para-hydroxylation sites is 1. The molecular weight excluding hydrogens is 348 g/mol. The summed E-state index contributed by atoms with van der Waals surface area (Å²) in [6.45, 7) is 2.00. The zero-order valence-electron chi connectivity index (χ0n) is 15.1. The molecule has 0 atom stereocenters. The van der Waals surface area contributed by atoms with Gasteiger partial charge in [-0.3, -0.25) is 9.69 Å². The molecule has 1 saturated heterocycles. The number of amidine groups is 1. The average molecular weight is 368 g/mol. The number of amides is 1. The first-order valence-corrected chi connectivity index (χ1v) is 8.89. The molecule has 0 spiro atoms. The van der Waals surface area contributed by atoms with Crippen LogP contribution in [0.2, 0.25) is 0 Å². The monoisotopic (exact) mass is 368 g/mol. The number of aliphatic imine (C=N–C) groups is 1. The number of benzene rings is 2. The number of nitrogens with zero attached hydrogens (tertiary/aromatic N) is 2. The van der Waals surface area contributed by atoms with Crippen LogP contribution >= 0.6 is 11.8 Å². The van der Waals surface area contributed by atoms with Gasteiger partial charge in [-0.05, 0) is 54.6 Å². The molecule has 134 valence electrons. The van der Waals surface area contributed by atoms with Crippen LogP contribution in [0.5, 0.6) is 11.5 Å². The maximum absolute atomic E-state index is 12.6. The van der Waals surface area contributed by atoms with Crippen LogP contribution in [-0.4, -0.2) is 37.2 Å². The number of ether oxygens (including phenoxy) is 2. The summed E-state index contributed by atoms with van der Waals surface area (Å²) < 4.78 is 10.7. The van der Waals surface area contributed by atoms with Crippen molar-refractivity contribution in [2.75, 3.05) is 21.3 Å². The van der Waals surface area contributed by atoms with E-state index >= 15 is 0 Å². The number of aryl methyl sites for hydroxylation is 1. The quantitative estimate of drug-likeness (QED) is 0.757. The van der Waals surface area contributed by atoms with Crippen LogP contribution in [0, 0.1) is 6.92 Å². The number of carbonyl (C=O) groups is 1. The summed E-state index contributed by atoms with van der Waals surface area (Å²) in [5, 5.41) is 0.650. The molecule has 0 bridgehead atoms. The molecule has 26 heavy (non-hydrogen) atoms. The highest BCUT2D eigenvalue weighted by Crippen LogP contribution is 2.36. The van der Waals surface area contributed by atoms with Crippen molar-refractivity contribution in [3.05, 3.63) is 58.5 Å². The minimum absolute atomic E-state index is 0.0905. The summed E-state index contributed by atoms with van der Waals surface area (Å²) in [6, 6.07) is 13.3. The second kappa shape index (κ2) is 7.66. The Bertz CT molecular complexity index is 906.